The molecule has 2 aliphatic rings. The highest BCUT2D eigenvalue weighted by Gasteiger charge is 2.49. The van der Waals surface area contributed by atoms with Crippen LogP contribution in [0.3, 0.4) is 0 Å². The van der Waals surface area contributed by atoms with Gasteiger partial charge in [0.05, 0.1) is 0 Å². The molecule has 2 rings (SSSR count). The Labute approximate surface area is 59.0 Å². The van der Waals surface area contributed by atoms with Gasteiger partial charge in [-0.15, -0.1) is 0 Å². The van der Waals surface area contributed by atoms with E-state index in [2.05, 4.69) is 0 Å². The van der Waals surface area contributed by atoms with E-state index in [0.717, 1.165) is 24.7 Å². The van der Waals surface area contributed by atoms with Crippen molar-refractivity contribution in [3.8, 4) is 0 Å². The fourth-order valence-corrected chi connectivity index (χ4v) is 1.91. The Balaban J connectivity index is 1.80. The molecule has 0 amide bonds. The average molecular weight is 143 g/mol. The van der Waals surface area contributed by atoms with Gasteiger partial charge < -0.3 is 9.84 Å². The van der Waals surface area contributed by atoms with Gasteiger partial charge in [0, 0.05) is 17.6 Å². The smallest absolute Gasteiger partial charge is 0.535 e. The average Bonchev–Trinajstić information content (AvgIpc) is 2.39. The van der Waals surface area contributed by atoms with Crippen LogP contribution in [0.1, 0.15) is 19.3 Å². The third kappa shape index (κ3) is 0.958. The van der Waals surface area contributed by atoms with Gasteiger partial charge in [0.2, 0.25) is 0 Å². The van der Waals surface area contributed by atoms with E-state index in [1.807, 2.05) is 0 Å². The Hall–Kier alpha value is -0.730. The second-order valence-electron chi connectivity index (χ2n) is 3.25. The van der Waals surface area contributed by atoms with Crippen molar-refractivity contribution >= 4 is 6.16 Å². The van der Waals surface area contributed by atoms with Gasteiger partial charge in [0.1, 0.15) is 0 Å². The molecule has 2 unspecified atom stereocenters. The van der Waals surface area contributed by atoms with Crippen LogP contribution in [0.2, 0.25) is 0 Å². The van der Waals surface area contributed by atoms with Gasteiger partial charge in [-0.2, -0.15) is 0 Å². The molecule has 0 aliphatic heterocycles. The lowest BCUT2D eigenvalue weighted by molar-refractivity contribution is 0.0497. The summed E-state index contributed by atoms with van der Waals surface area (Å²) in [4.78, 5) is 10.2. The molecule has 2 saturated carbocycles. The van der Waals surface area contributed by atoms with Gasteiger partial charge >= 0.3 is 6.16 Å². The monoisotopic (exact) mass is 143 g/mol. The SMILES string of the molecule is O=C([OH2+])OC1CC2C[C@@H]2C1. The summed E-state index contributed by atoms with van der Waals surface area (Å²) in [5, 5.41) is 6.56. The highest BCUT2D eigenvalue weighted by atomic mass is 16.7. The van der Waals surface area contributed by atoms with Crippen molar-refractivity contribution in [2.24, 2.45) is 11.8 Å². The van der Waals surface area contributed by atoms with E-state index in [1.165, 1.54) is 6.42 Å². The quantitative estimate of drug-likeness (QED) is 0.399. The lowest BCUT2D eigenvalue weighted by atomic mass is 10.2. The maximum atomic E-state index is 10.2. The fourth-order valence-electron chi connectivity index (χ4n) is 1.91. The Morgan fingerprint density at radius 3 is 2.40 bits per heavy atom. The van der Waals surface area contributed by atoms with E-state index >= 15 is 0 Å². The number of hydrogen-bond acceptors (Lipinski definition) is 2. The molecule has 2 fully saturated rings. The minimum atomic E-state index is -0.869. The van der Waals surface area contributed by atoms with Crippen LogP contribution in [0.5, 0.6) is 0 Å². The summed E-state index contributed by atoms with van der Waals surface area (Å²) >= 11 is 0. The molecule has 56 valence electrons. The Morgan fingerprint density at radius 1 is 1.30 bits per heavy atom. The first-order valence-electron chi connectivity index (χ1n) is 3.68. The van der Waals surface area contributed by atoms with Crippen molar-refractivity contribution in [2.75, 3.05) is 0 Å². The molecule has 0 radical (unpaired) electrons. The van der Waals surface area contributed by atoms with Crippen LogP contribution in [0.25, 0.3) is 0 Å². The van der Waals surface area contributed by atoms with Crippen molar-refractivity contribution in [3.05, 3.63) is 0 Å². The van der Waals surface area contributed by atoms with E-state index in [0.29, 0.717) is 0 Å². The summed E-state index contributed by atoms with van der Waals surface area (Å²) < 4.78 is 4.74. The number of rotatable bonds is 1. The van der Waals surface area contributed by atoms with Crippen molar-refractivity contribution in [2.45, 2.75) is 25.4 Å². The second-order valence-corrected chi connectivity index (χ2v) is 3.25. The number of carbonyl (C=O) groups is 1. The van der Waals surface area contributed by atoms with Crippen LogP contribution in [-0.4, -0.2) is 17.4 Å². The highest BCUT2D eigenvalue weighted by molar-refractivity contribution is 5.57. The summed E-state index contributed by atoms with van der Waals surface area (Å²) in [6.45, 7) is 0. The van der Waals surface area contributed by atoms with E-state index in [9.17, 15) is 4.79 Å². The first-order valence-corrected chi connectivity index (χ1v) is 3.68. The lowest BCUT2D eigenvalue weighted by Gasteiger charge is -2.02. The Morgan fingerprint density at radius 2 is 1.90 bits per heavy atom. The Bertz CT molecular complexity index is 156. The normalized spacial score (nSPS) is 42.6. The zero-order valence-corrected chi connectivity index (χ0v) is 5.67. The van der Waals surface area contributed by atoms with Crippen LogP contribution in [0, 0.1) is 11.8 Å². The van der Waals surface area contributed by atoms with Crippen LogP contribution in [0.4, 0.5) is 4.79 Å². The van der Waals surface area contributed by atoms with Gasteiger partial charge in [-0.25, -0.2) is 0 Å². The summed E-state index contributed by atoms with van der Waals surface area (Å²) in [5.74, 6) is 1.65. The van der Waals surface area contributed by atoms with Gasteiger partial charge in [0.15, 0.2) is 6.10 Å². The molecule has 0 aromatic heterocycles. The van der Waals surface area contributed by atoms with Crippen LogP contribution >= 0.6 is 0 Å². The molecule has 3 nitrogen and oxygen atoms in total. The molecule has 3 heteroatoms. The molecule has 0 bridgehead atoms. The topological polar surface area (TPSA) is 49.2 Å². The predicted octanol–water partition coefficient (Wildman–Crippen LogP) is 0.646. The van der Waals surface area contributed by atoms with E-state index < -0.39 is 6.16 Å². The molecule has 0 spiro atoms. The zero-order valence-electron chi connectivity index (χ0n) is 5.67. The first kappa shape index (κ1) is 6.01. The molecule has 3 atom stereocenters. The number of carbonyl (C=O) groups excluding carboxylic acids is 1. The van der Waals surface area contributed by atoms with Crippen molar-refractivity contribution in [1.82, 2.24) is 0 Å². The predicted molar refractivity (Wildman–Crippen MR) is 34.7 cm³/mol. The number of ether oxygens (including phenoxy) is 1. The largest absolute Gasteiger partial charge is 0.725 e. The third-order valence-corrected chi connectivity index (χ3v) is 2.47. The molecule has 0 saturated heterocycles. The minimum Gasteiger partial charge on any atom is -0.535 e. The summed E-state index contributed by atoms with van der Waals surface area (Å²) in [7, 11) is 0. The van der Waals surface area contributed by atoms with Crippen LogP contribution in [-0.2, 0) is 4.74 Å². The van der Waals surface area contributed by atoms with Gasteiger partial charge in [0.25, 0.3) is 0 Å². The Kier molecular flexibility index (Phi) is 1.13. The molecule has 0 aromatic carbocycles. The van der Waals surface area contributed by atoms with Crippen LogP contribution < -0.4 is 0 Å². The van der Waals surface area contributed by atoms with Gasteiger partial charge in [-0.05, 0) is 18.3 Å². The minimum absolute atomic E-state index is 0.0775. The second kappa shape index (κ2) is 1.87. The highest BCUT2D eigenvalue weighted by Crippen LogP contribution is 2.52. The molecule has 0 heterocycles. The van der Waals surface area contributed by atoms with Gasteiger partial charge in [-0.1, -0.05) is 0 Å². The van der Waals surface area contributed by atoms with Crippen molar-refractivity contribution in [3.63, 3.8) is 0 Å². The zero-order chi connectivity index (χ0) is 7.14. The molecule has 2 aliphatic carbocycles. The summed E-state index contributed by atoms with van der Waals surface area (Å²) in [6, 6.07) is 0. The molecule has 10 heavy (non-hydrogen) atoms. The molecule has 2 N–H and O–H groups in total. The standard InChI is InChI=1S/C7H10O3/c8-7(9)10-6-2-4-1-5(4)3-6/h4-6H,1-3H2,(H,8,9)/p+1/t4-,5?,6?/m1/s1. The molecule has 0 aromatic rings. The summed E-state index contributed by atoms with van der Waals surface area (Å²) in [5.41, 5.74) is 0. The molecular weight excluding hydrogens is 132 g/mol. The molecular formula is C7H11O3+. The van der Waals surface area contributed by atoms with Crippen LogP contribution in [0.15, 0.2) is 0 Å². The number of fused-ring (bicyclic) bond motifs is 1. The maximum absolute atomic E-state index is 10.2. The third-order valence-electron chi connectivity index (χ3n) is 2.47. The van der Waals surface area contributed by atoms with Crippen molar-refractivity contribution in [1.29, 1.82) is 0 Å². The maximum Gasteiger partial charge on any atom is 0.725 e. The van der Waals surface area contributed by atoms with Gasteiger partial charge in [-0.3, -0.25) is 0 Å². The van der Waals surface area contributed by atoms with E-state index in [-0.39, 0.29) is 6.10 Å². The van der Waals surface area contributed by atoms with Crippen molar-refractivity contribution < 1.29 is 14.6 Å². The number of hydrogen-bond donors (Lipinski definition) is 0. The van der Waals surface area contributed by atoms with E-state index in [1.54, 1.807) is 0 Å². The van der Waals surface area contributed by atoms with E-state index in [4.69, 9.17) is 9.84 Å². The first-order chi connectivity index (χ1) is 4.75. The lowest BCUT2D eigenvalue weighted by Crippen LogP contribution is -2.14. The summed E-state index contributed by atoms with van der Waals surface area (Å²) in [6.07, 6.45) is 2.55. The fraction of sp³-hybridized carbons (Fsp3) is 0.857.